The summed E-state index contributed by atoms with van der Waals surface area (Å²) in [6, 6.07) is 6.96. The minimum atomic E-state index is -0.715. The van der Waals surface area contributed by atoms with Gasteiger partial charge in [0.25, 0.3) is 0 Å². The van der Waals surface area contributed by atoms with Gasteiger partial charge in [0.15, 0.2) is 0 Å². The predicted molar refractivity (Wildman–Crippen MR) is 75.9 cm³/mol. The number of hydrogen-bond acceptors (Lipinski definition) is 3. The van der Waals surface area contributed by atoms with Gasteiger partial charge in [-0.2, -0.15) is 0 Å². The van der Waals surface area contributed by atoms with E-state index in [0.717, 1.165) is 9.13 Å². The quantitative estimate of drug-likeness (QED) is 0.721. The van der Waals surface area contributed by atoms with E-state index in [-0.39, 0.29) is 12.5 Å². The van der Waals surface area contributed by atoms with Crippen molar-refractivity contribution in [3.05, 3.63) is 33.4 Å². The summed E-state index contributed by atoms with van der Waals surface area (Å²) in [4.78, 5) is 22.6. The number of hydrogen-bond donors (Lipinski definition) is 2. The number of ether oxygens (including phenoxy) is 1. The van der Waals surface area contributed by atoms with E-state index in [4.69, 9.17) is 5.73 Å². The molecule has 1 aromatic carbocycles. The van der Waals surface area contributed by atoms with Crippen molar-refractivity contribution in [1.29, 1.82) is 0 Å². The normalized spacial score (nSPS) is 11.9. The monoisotopic (exact) mass is 362 g/mol. The predicted octanol–water partition coefficient (Wildman–Crippen LogP) is 0.450. The van der Waals surface area contributed by atoms with Gasteiger partial charge in [-0.15, -0.1) is 0 Å². The highest BCUT2D eigenvalue weighted by atomic mass is 127. The van der Waals surface area contributed by atoms with Crippen LogP contribution in [-0.2, 0) is 20.7 Å². The van der Waals surface area contributed by atoms with E-state index in [9.17, 15) is 9.59 Å². The summed E-state index contributed by atoms with van der Waals surface area (Å²) in [5.74, 6) is -0.912. The van der Waals surface area contributed by atoms with Crippen LogP contribution in [0, 0.1) is 3.57 Å². The van der Waals surface area contributed by atoms with Crippen LogP contribution in [0.25, 0.3) is 0 Å². The van der Waals surface area contributed by atoms with Gasteiger partial charge in [0, 0.05) is 17.1 Å². The first kappa shape index (κ1) is 14.9. The Balaban J connectivity index is 2.65. The molecule has 0 aliphatic carbocycles. The lowest BCUT2D eigenvalue weighted by atomic mass is 10.1. The van der Waals surface area contributed by atoms with Crippen LogP contribution in [0.2, 0.25) is 0 Å². The fourth-order valence-electron chi connectivity index (χ4n) is 1.45. The molecule has 1 rings (SSSR count). The number of benzene rings is 1. The van der Waals surface area contributed by atoms with E-state index >= 15 is 0 Å². The maximum Gasteiger partial charge on any atom is 0.246 e. The summed E-state index contributed by atoms with van der Waals surface area (Å²) in [6.07, 6.45) is 0.377. The van der Waals surface area contributed by atoms with Crippen LogP contribution < -0.4 is 11.1 Å². The zero-order chi connectivity index (χ0) is 13.5. The molecule has 1 aromatic rings. The highest BCUT2D eigenvalue weighted by Gasteiger charge is 2.18. The Hall–Kier alpha value is -1.15. The molecule has 6 heteroatoms. The number of primary amides is 1. The van der Waals surface area contributed by atoms with Crippen LogP contribution in [0.4, 0.5) is 0 Å². The molecule has 0 unspecified atom stereocenters. The molecule has 0 saturated carbocycles. The Morgan fingerprint density at radius 1 is 1.39 bits per heavy atom. The Morgan fingerprint density at radius 2 is 2.00 bits per heavy atom. The van der Waals surface area contributed by atoms with Crippen LogP contribution in [0.15, 0.2) is 24.3 Å². The average Bonchev–Trinajstić information content (AvgIpc) is 2.31. The van der Waals surface area contributed by atoms with Gasteiger partial charge < -0.3 is 15.8 Å². The molecule has 18 heavy (non-hydrogen) atoms. The fraction of sp³-hybridized carbons (Fsp3) is 0.333. The number of amides is 2. The van der Waals surface area contributed by atoms with Crippen molar-refractivity contribution in [1.82, 2.24) is 5.32 Å². The van der Waals surface area contributed by atoms with Crippen LogP contribution in [0.3, 0.4) is 0 Å². The molecule has 0 aliphatic rings. The number of nitrogens with one attached hydrogen (secondary N) is 1. The Morgan fingerprint density at radius 3 is 2.50 bits per heavy atom. The van der Waals surface area contributed by atoms with Crippen LogP contribution >= 0.6 is 22.6 Å². The van der Waals surface area contributed by atoms with Crippen molar-refractivity contribution in [2.24, 2.45) is 5.73 Å². The Labute approximate surface area is 119 Å². The number of carbonyl (C=O) groups excluding carboxylic acids is 2. The molecule has 3 N–H and O–H groups in total. The van der Waals surface area contributed by atoms with E-state index in [1.807, 2.05) is 24.3 Å². The van der Waals surface area contributed by atoms with Gasteiger partial charge in [0.1, 0.15) is 12.6 Å². The lowest BCUT2D eigenvalue weighted by Gasteiger charge is -2.15. The third kappa shape index (κ3) is 5.01. The SMILES string of the molecule is COCC(=O)N[C@H](Cc1ccc(I)cc1)C(N)=O. The van der Waals surface area contributed by atoms with Gasteiger partial charge in [-0.25, -0.2) is 0 Å². The molecule has 0 fully saturated rings. The Kier molecular flexibility index (Phi) is 6.06. The van der Waals surface area contributed by atoms with Crippen molar-refractivity contribution < 1.29 is 14.3 Å². The first-order chi connectivity index (χ1) is 8.52. The molecule has 0 bridgehead atoms. The Bertz CT molecular complexity index is 420. The molecule has 0 aromatic heterocycles. The maximum absolute atomic E-state index is 11.4. The standard InChI is InChI=1S/C12H15IN2O3/c1-18-7-11(16)15-10(12(14)17)6-8-2-4-9(13)5-3-8/h2-5,10H,6-7H2,1H3,(H2,14,17)(H,15,16)/t10-/m1/s1. The lowest BCUT2D eigenvalue weighted by Crippen LogP contribution is -2.46. The molecule has 0 aliphatic heterocycles. The summed E-state index contributed by atoms with van der Waals surface area (Å²) >= 11 is 2.20. The molecule has 98 valence electrons. The van der Waals surface area contributed by atoms with Crippen molar-refractivity contribution in [2.45, 2.75) is 12.5 Å². The number of carbonyl (C=O) groups is 2. The van der Waals surface area contributed by atoms with E-state index in [1.54, 1.807) is 0 Å². The number of rotatable bonds is 6. The summed E-state index contributed by atoms with van der Waals surface area (Å²) < 4.78 is 5.79. The van der Waals surface area contributed by atoms with Gasteiger partial charge in [0.05, 0.1) is 0 Å². The van der Waals surface area contributed by atoms with Gasteiger partial charge in [-0.1, -0.05) is 12.1 Å². The molecule has 1 atom stereocenters. The zero-order valence-corrected chi connectivity index (χ0v) is 12.1. The van der Waals surface area contributed by atoms with Gasteiger partial charge in [-0.05, 0) is 40.3 Å². The third-order valence-electron chi connectivity index (χ3n) is 2.31. The molecule has 0 radical (unpaired) electrons. The van der Waals surface area contributed by atoms with Crippen molar-refractivity contribution in [2.75, 3.05) is 13.7 Å². The lowest BCUT2D eigenvalue weighted by molar-refractivity contribution is -0.129. The molecule has 2 amide bonds. The van der Waals surface area contributed by atoms with Gasteiger partial charge in [0.2, 0.25) is 11.8 Å². The van der Waals surface area contributed by atoms with Crippen molar-refractivity contribution >= 4 is 34.4 Å². The number of halogens is 1. The summed E-state index contributed by atoms with van der Waals surface area (Å²) in [5, 5.41) is 2.54. The van der Waals surface area contributed by atoms with E-state index in [0.29, 0.717) is 6.42 Å². The molecule has 5 nitrogen and oxygen atoms in total. The highest BCUT2D eigenvalue weighted by Crippen LogP contribution is 2.08. The number of nitrogens with two attached hydrogens (primary N) is 1. The zero-order valence-electron chi connectivity index (χ0n) is 9.98. The van der Waals surface area contributed by atoms with Crippen molar-refractivity contribution in [3.63, 3.8) is 0 Å². The average molecular weight is 362 g/mol. The topological polar surface area (TPSA) is 81.4 Å². The molecule has 0 spiro atoms. The minimum Gasteiger partial charge on any atom is -0.375 e. The summed E-state index contributed by atoms with van der Waals surface area (Å²) in [6.45, 7) is -0.0868. The minimum absolute atomic E-state index is 0.0868. The second-order valence-corrected chi connectivity index (χ2v) is 5.03. The van der Waals surface area contributed by atoms with Gasteiger partial charge >= 0.3 is 0 Å². The van der Waals surface area contributed by atoms with Crippen LogP contribution in [0.5, 0.6) is 0 Å². The summed E-state index contributed by atoms with van der Waals surface area (Å²) in [7, 11) is 1.41. The highest BCUT2D eigenvalue weighted by molar-refractivity contribution is 14.1. The van der Waals surface area contributed by atoms with Crippen molar-refractivity contribution in [3.8, 4) is 0 Å². The molecule has 0 heterocycles. The van der Waals surface area contributed by atoms with E-state index in [1.165, 1.54) is 7.11 Å². The molecule has 0 saturated heterocycles. The van der Waals surface area contributed by atoms with E-state index < -0.39 is 11.9 Å². The largest absolute Gasteiger partial charge is 0.375 e. The van der Waals surface area contributed by atoms with Gasteiger partial charge in [-0.3, -0.25) is 9.59 Å². The second-order valence-electron chi connectivity index (χ2n) is 3.79. The second kappa shape index (κ2) is 7.32. The molecular weight excluding hydrogens is 347 g/mol. The first-order valence-corrected chi connectivity index (χ1v) is 6.43. The van der Waals surface area contributed by atoms with Crippen LogP contribution in [0.1, 0.15) is 5.56 Å². The maximum atomic E-state index is 11.4. The first-order valence-electron chi connectivity index (χ1n) is 5.35. The fourth-order valence-corrected chi connectivity index (χ4v) is 1.81. The van der Waals surface area contributed by atoms with E-state index in [2.05, 4.69) is 32.6 Å². The molecular formula is C12H15IN2O3. The third-order valence-corrected chi connectivity index (χ3v) is 3.03. The number of methoxy groups -OCH3 is 1. The summed E-state index contributed by atoms with van der Waals surface area (Å²) in [5.41, 5.74) is 6.20. The van der Waals surface area contributed by atoms with Crippen LogP contribution in [-0.4, -0.2) is 31.6 Å². The smallest absolute Gasteiger partial charge is 0.246 e.